The zero-order chi connectivity index (χ0) is 21.4. The van der Waals surface area contributed by atoms with Gasteiger partial charge in [-0.2, -0.15) is 8.78 Å². The molecule has 1 aliphatic rings. The number of rotatable bonds is 6. The maximum atomic E-state index is 13.2. The molecule has 3 aromatic rings. The van der Waals surface area contributed by atoms with Gasteiger partial charge in [0.15, 0.2) is 0 Å². The number of fused-ring (bicyclic) bond motifs is 2. The van der Waals surface area contributed by atoms with Crippen molar-refractivity contribution in [2.24, 2.45) is 0 Å². The number of carboxylic acids is 1. The second-order valence-electron chi connectivity index (χ2n) is 6.77. The van der Waals surface area contributed by atoms with Gasteiger partial charge in [-0.05, 0) is 17.7 Å². The number of amides is 1. The summed E-state index contributed by atoms with van der Waals surface area (Å²) in [5.74, 6) is -1.19. The molecule has 0 radical (unpaired) electrons. The number of carbonyl (C=O) groups is 2. The van der Waals surface area contributed by atoms with Gasteiger partial charge in [0.25, 0.3) is 5.91 Å². The van der Waals surface area contributed by atoms with Gasteiger partial charge in [0.2, 0.25) is 0 Å². The molecule has 3 aromatic carbocycles. The number of aliphatic carboxylic acids is 1. The molecule has 1 N–H and O–H groups in total. The van der Waals surface area contributed by atoms with Crippen molar-refractivity contribution in [1.29, 1.82) is 0 Å². The molecule has 0 aliphatic carbocycles. The van der Waals surface area contributed by atoms with Gasteiger partial charge in [0.1, 0.15) is 11.5 Å². The second-order valence-corrected chi connectivity index (χ2v) is 6.77. The standard InChI is InChI=1S/C22H17F2NO5/c1-29-19-14-4-2-3-5-15(14)20(30-22(23)24)18-16(19)11-25(21(18)28)13-8-6-12(7-9-13)10-17(26)27/h2-9,22H,10-11H2,1H3,(H,26,27). The third kappa shape index (κ3) is 3.30. The zero-order valence-corrected chi connectivity index (χ0v) is 15.9. The van der Waals surface area contributed by atoms with Crippen LogP contribution in [0, 0.1) is 0 Å². The van der Waals surface area contributed by atoms with Crippen LogP contribution >= 0.6 is 0 Å². The Hall–Kier alpha value is -3.68. The highest BCUT2D eigenvalue weighted by atomic mass is 19.3. The number of hydrogen-bond donors (Lipinski definition) is 1. The molecule has 0 fully saturated rings. The Bertz CT molecular complexity index is 1140. The Labute approximate surface area is 170 Å². The Kier molecular flexibility index (Phi) is 4.99. The molecule has 1 heterocycles. The van der Waals surface area contributed by atoms with E-state index in [1.54, 1.807) is 48.5 Å². The maximum absolute atomic E-state index is 13.2. The minimum atomic E-state index is -3.09. The van der Waals surface area contributed by atoms with Crippen LogP contribution in [-0.4, -0.2) is 30.7 Å². The summed E-state index contributed by atoms with van der Waals surface area (Å²) in [6, 6.07) is 13.2. The Morgan fingerprint density at radius 3 is 2.30 bits per heavy atom. The molecule has 0 unspecified atom stereocenters. The van der Waals surface area contributed by atoms with E-state index in [-0.39, 0.29) is 24.3 Å². The number of halogens is 2. The summed E-state index contributed by atoms with van der Waals surface area (Å²) in [4.78, 5) is 25.5. The predicted octanol–water partition coefficient (Wildman–Crippen LogP) is 4.24. The minimum absolute atomic E-state index is 0.0421. The van der Waals surface area contributed by atoms with E-state index in [2.05, 4.69) is 0 Å². The SMILES string of the molecule is COc1c2c(c(OC(F)F)c3ccccc13)C(=O)N(c1ccc(CC(=O)O)cc1)C2. The molecular formula is C22H17F2NO5. The molecule has 0 atom stereocenters. The van der Waals surface area contributed by atoms with Crippen molar-refractivity contribution in [3.63, 3.8) is 0 Å². The van der Waals surface area contributed by atoms with E-state index in [1.165, 1.54) is 12.0 Å². The Morgan fingerprint density at radius 1 is 1.10 bits per heavy atom. The van der Waals surface area contributed by atoms with Crippen molar-refractivity contribution in [2.75, 3.05) is 12.0 Å². The average molecular weight is 413 g/mol. The first-order valence-corrected chi connectivity index (χ1v) is 9.09. The highest BCUT2D eigenvalue weighted by Gasteiger charge is 2.37. The molecule has 154 valence electrons. The molecule has 0 aromatic heterocycles. The highest BCUT2D eigenvalue weighted by Crippen LogP contribution is 2.46. The lowest BCUT2D eigenvalue weighted by molar-refractivity contribution is -0.136. The molecule has 1 aliphatic heterocycles. The lowest BCUT2D eigenvalue weighted by Crippen LogP contribution is -2.23. The van der Waals surface area contributed by atoms with Crippen LogP contribution in [0.3, 0.4) is 0 Å². The fourth-order valence-electron chi connectivity index (χ4n) is 3.79. The molecular weight excluding hydrogens is 396 g/mol. The number of benzene rings is 3. The number of carbonyl (C=O) groups excluding carboxylic acids is 1. The molecule has 4 rings (SSSR count). The summed E-state index contributed by atoms with van der Waals surface area (Å²) < 4.78 is 36.7. The normalized spacial score (nSPS) is 13.1. The topological polar surface area (TPSA) is 76.1 Å². The van der Waals surface area contributed by atoms with Crippen LogP contribution < -0.4 is 14.4 Å². The van der Waals surface area contributed by atoms with Crippen LogP contribution in [0.2, 0.25) is 0 Å². The van der Waals surface area contributed by atoms with Crippen LogP contribution in [0.25, 0.3) is 10.8 Å². The van der Waals surface area contributed by atoms with Crippen LogP contribution in [-0.2, 0) is 17.8 Å². The number of ether oxygens (including phenoxy) is 2. The molecule has 8 heteroatoms. The van der Waals surface area contributed by atoms with Gasteiger partial charge < -0.3 is 19.5 Å². The quantitative estimate of drug-likeness (QED) is 0.654. The van der Waals surface area contributed by atoms with Gasteiger partial charge in [-0.3, -0.25) is 9.59 Å². The first-order valence-electron chi connectivity index (χ1n) is 9.09. The number of hydrogen-bond acceptors (Lipinski definition) is 4. The van der Waals surface area contributed by atoms with Crippen molar-refractivity contribution >= 4 is 28.3 Å². The number of carboxylic acid groups (broad SMARTS) is 1. The first kappa shape index (κ1) is 19.6. The average Bonchev–Trinajstić information content (AvgIpc) is 3.05. The second kappa shape index (κ2) is 7.62. The van der Waals surface area contributed by atoms with Gasteiger partial charge in [-0.25, -0.2) is 0 Å². The van der Waals surface area contributed by atoms with E-state index < -0.39 is 18.5 Å². The molecule has 1 amide bonds. The van der Waals surface area contributed by atoms with E-state index in [9.17, 15) is 18.4 Å². The maximum Gasteiger partial charge on any atom is 0.387 e. The van der Waals surface area contributed by atoms with Gasteiger partial charge in [0, 0.05) is 22.0 Å². The van der Waals surface area contributed by atoms with Gasteiger partial charge in [0.05, 0.1) is 25.6 Å². The molecule has 6 nitrogen and oxygen atoms in total. The summed E-state index contributed by atoms with van der Waals surface area (Å²) in [6.45, 7) is -2.98. The van der Waals surface area contributed by atoms with Crippen molar-refractivity contribution in [1.82, 2.24) is 0 Å². The summed E-state index contributed by atoms with van der Waals surface area (Å²) in [7, 11) is 1.46. The third-order valence-corrected chi connectivity index (χ3v) is 5.01. The zero-order valence-electron chi connectivity index (χ0n) is 15.9. The summed E-state index contributed by atoms with van der Waals surface area (Å²) in [5.41, 5.74) is 1.60. The Morgan fingerprint density at radius 2 is 1.73 bits per heavy atom. The van der Waals surface area contributed by atoms with E-state index in [0.717, 1.165) is 0 Å². The minimum Gasteiger partial charge on any atom is -0.496 e. The van der Waals surface area contributed by atoms with Crippen LogP contribution in [0.5, 0.6) is 11.5 Å². The number of anilines is 1. The Balaban J connectivity index is 1.83. The highest BCUT2D eigenvalue weighted by molar-refractivity contribution is 6.16. The number of alkyl halides is 2. The third-order valence-electron chi connectivity index (χ3n) is 5.01. The van der Waals surface area contributed by atoms with Crippen molar-refractivity contribution in [2.45, 2.75) is 19.6 Å². The van der Waals surface area contributed by atoms with Crippen molar-refractivity contribution in [3.05, 3.63) is 65.2 Å². The van der Waals surface area contributed by atoms with Crippen molar-refractivity contribution in [3.8, 4) is 11.5 Å². The largest absolute Gasteiger partial charge is 0.496 e. The molecule has 0 saturated heterocycles. The summed E-state index contributed by atoms with van der Waals surface area (Å²) in [6.07, 6.45) is -0.139. The smallest absolute Gasteiger partial charge is 0.387 e. The molecule has 0 spiro atoms. The molecule has 30 heavy (non-hydrogen) atoms. The van der Waals surface area contributed by atoms with Gasteiger partial charge in [-0.15, -0.1) is 0 Å². The van der Waals surface area contributed by atoms with Gasteiger partial charge >= 0.3 is 12.6 Å². The van der Waals surface area contributed by atoms with Gasteiger partial charge in [-0.1, -0.05) is 36.4 Å². The van der Waals surface area contributed by atoms with Crippen LogP contribution in [0.15, 0.2) is 48.5 Å². The predicted molar refractivity (Wildman–Crippen MR) is 105 cm³/mol. The first-order chi connectivity index (χ1) is 14.4. The van der Waals surface area contributed by atoms with E-state index in [4.69, 9.17) is 14.6 Å². The van der Waals surface area contributed by atoms with E-state index in [0.29, 0.717) is 33.3 Å². The summed E-state index contributed by atoms with van der Waals surface area (Å²) in [5, 5.41) is 9.84. The van der Waals surface area contributed by atoms with E-state index in [1.807, 2.05) is 0 Å². The fraction of sp³-hybridized carbons (Fsp3) is 0.182. The lowest BCUT2D eigenvalue weighted by Gasteiger charge is -2.16. The van der Waals surface area contributed by atoms with Crippen LogP contribution in [0.1, 0.15) is 21.5 Å². The van der Waals surface area contributed by atoms with Crippen molar-refractivity contribution < 1.29 is 33.0 Å². The monoisotopic (exact) mass is 413 g/mol. The summed E-state index contributed by atoms with van der Waals surface area (Å²) >= 11 is 0. The van der Waals surface area contributed by atoms with Crippen LogP contribution in [0.4, 0.5) is 14.5 Å². The molecule has 0 bridgehead atoms. The van der Waals surface area contributed by atoms with E-state index >= 15 is 0 Å². The lowest BCUT2D eigenvalue weighted by atomic mass is 9.99. The fourth-order valence-corrected chi connectivity index (χ4v) is 3.79. The number of nitrogens with zero attached hydrogens (tertiary/aromatic N) is 1. The number of methoxy groups -OCH3 is 1. The molecule has 0 saturated carbocycles.